The van der Waals surface area contributed by atoms with Gasteiger partial charge < -0.3 is 10.0 Å². The molecule has 0 radical (unpaired) electrons. The number of likely N-dealkylation sites (tertiary alicyclic amines) is 1. The molecule has 0 bridgehead atoms. The van der Waals surface area contributed by atoms with Crippen molar-refractivity contribution in [2.24, 2.45) is 0 Å². The van der Waals surface area contributed by atoms with E-state index < -0.39 is 6.10 Å². The lowest BCUT2D eigenvalue weighted by molar-refractivity contribution is 0.0785. The fourth-order valence-electron chi connectivity index (χ4n) is 4.31. The number of rotatable bonds is 4. The van der Waals surface area contributed by atoms with E-state index in [1.807, 2.05) is 11.0 Å². The van der Waals surface area contributed by atoms with Gasteiger partial charge in [-0.25, -0.2) is 9.37 Å². The van der Waals surface area contributed by atoms with Crippen LogP contribution in [-0.2, 0) is 0 Å². The second-order valence-corrected chi connectivity index (χ2v) is 8.51. The monoisotopic (exact) mass is 438 g/mol. The van der Waals surface area contributed by atoms with Gasteiger partial charge in [0.1, 0.15) is 11.5 Å². The molecule has 1 fully saturated rings. The van der Waals surface area contributed by atoms with Gasteiger partial charge in [-0.3, -0.25) is 4.79 Å². The first kappa shape index (κ1) is 21.5. The molecule has 0 saturated carbocycles. The van der Waals surface area contributed by atoms with Crippen LogP contribution in [0.5, 0.6) is 0 Å². The number of hydrogen-bond acceptors (Lipinski definition) is 3. The van der Waals surface area contributed by atoms with E-state index in [0.717, 1.165) is 23.1 Å². The average molecular weight is 439 g/mol. The number of aromatic nitrogens is 1. The lowest BCUT2D eigenvalue weighted by Crippen LogP contribution is -2.29. The topological polar surface area (TPSA) is 53.4 Å². The van der Waals surface area contributed by atoms with Crippen molar-refractivity contribution in [1.82, 2.24) is 9.88 Å². The van der Waals surface area contributed by atoms with Crippen LogP contribution in [0.1, 0.15) is 52.5 Å². The highest BCUT2D eigenvalue weighted by Crippen LogP contribution is 2.35. The van der Waals surface area contributed by atoms with Crippen LogP contribution < -0.4 is 0 Å². The Morgan fingerprint density at radius 3 is 2.71 bits per heavy atom. The van der Waals surface area contributed by atoms with E-state index in [0.29, 0.717) is 29.4 Å². The fraction of sp³-hybridized carbons (Fsp3) is 0.280. The first-order valence-corrected chi connectivity index (χ1v) is 10.7. The molecule has 0 aliphatic carbocycles. The average Bonchev–Trinajstić information content (AvgIpc) is 3.23. The van der Waals surface area contributed by atoms with Crippen molar-refractivity contribution in [3.63, 3.8) is 0 Å². The summed E-state index contributed by atoms with van der Waals surface area (Å²) in [6.45, 7) is 5.01. The van der Waals surface area contributed by atoms with Gasteiger partial charge in [0.2, 0.25) is 0 Å². The highest BCUT2D eigenvalue weighted by molar-refractivity contribution is 6.30. The zero-order chi connectivity index (χ0) is 22.1. The molecule has 0 spiro atoms. The highest BCUT2D eigenvalue weighted by Gasteiger charge is 2.29. The molecule has 1 amide bonds. The molecule has 3 aromatic rings. The standard InChI is InChI=1S/C25H24ClFN2O2/c1-15-11-17(22-7-5-20(27)12-23(22)16(2)30)3-6-21(15)18-9-10-29(14-18)25(31)24-8-4-19(26)13-28-24/h3-8,11-13,16,18,30H,9-10,14H2,1-2H3. The second kappa shape index (κ2) is 8.77. The van der Waals surface area contributed by atoms with E-state index in [2.05, 4.69) is 24.0 Å². The number of pyridine rings is 1. The Hall–Kier alpha value is -2.76. The number of nitrogens with zero attached hydrogens (tertiary/aromatic N) is 2. The molecule has 4 nitrogen and oxygen atoms in total. The van der Waals surface area contributed by atoms with Crippen LogP contribution in [0.15, 0.2) is 54.7 Å². The Bertz CT molecular complexity index is 1120. The third kappa shape index (κ3) is 4.48. The Balaban J connectivity index is 1.54. The maximum absolute atomic E-state index is 13.7. The summed E-state index contributed by atoms with van der Waals surface area (Å²) in [7, 11) is 0. The van der Waals surface area contributed by atoms with Gasteiger partial charge in [-0.15, -0.1) is 0 Å². The first-order chi connectivity index (χ1) is 14.8. The van der Waals surface area contributed by atoms with E-state index in [1.165, 1.54) is 23.9 Å². The fourth-order valence-corrected chi connectivity index (χ4v) is 4.42. The number of carbonyl (C=O) groups excluding carboxylic acids is 1. The van der Waals surface area contributed by atoms with Gasteiger partial charge in [-0.2, -0.15) is 0 Å². The first-order valence-electron chi connectivity index (χ1n) is 10.3. The van der Waals surface area contributed by atoms with Gasteiger partial charge in [0.05, 0.1) is 11.1 Å². The predicted molar refractivity (Wildman–Crippen MR) is 120 cm³/mol. The third-order valence-corrected chi connectivity index (χ3v) is 6.13. The summed E-state index contributed by atoms with van der Waals surface area (Å²) < 4.78 is 13.7. The Labute approximate surface area is 186 Å². The zero-order valence-corrected chi connectivity index (χ0v) is 18.2. The smallest absolute Gasteiger partial charge is 0.272 e. The minimum atomic E-state index is -0.762. The Morgan fingerprint density at radius 1 is 1.23 bits per heavy atom. The number of amides is 1. The number of aliphatic hydroxyl groups is 1. The lowest BCUT2D eigenvalue weighted by atomic mass is 9.89. The summed E-state index contributed by atoms with van der Waals surface area (Å²) in [4.78, 5) is 18.7. The van der Waals surface area contributed by atoms with Gasteiger partial charge >= 0.3 is 0 Å². The molecule has 2 aromatic carbocycles. The molecule has 1 saturated heterocycles. The van der Waals surface area contributed by atoms with Crippen LogP contribution >= 0.6 is 11.6 Å². The van der Waals surface area contributed by atoms with Crippen LogP contribution in [0.4, 0.5) is 4.39 Å². The maximum Gasteiger partial charge on any atom is 0.272 e. The molecule has 2 atom stereocenters. The number of benzene rings is 2. The number of hydrogen-bond donors (Lipinski definition) is 1. The van der Waals surface area contributed by atoms with Gasteiger partial charge in [-0.05, 0) is 72.4 Å². The van der Waals surface area contributed by atoms with Crippen molar-refractivity contribution in [2.75, 3.05) is 13.1 Å². The lowest BCUT2D eigenvalue weighted by Gasteiger charge is -2.19. The number of carbonyl (C=O) groups is 1. The van der Waals surface area contributed by atoms with Crippen molar-refractivity contribution < 1.29 is 14.3 Å². The molecule has 1 aliphatic heterocycles. The molecule has 2 heterocycles. The molecule has 2 unspecified atom stereocenters. The summed E-state index contributed by atoms with van der Waals surface area (Å²) in [6, 6.07) is 14.0. The molecular weight excluding hydrogens is 415 g/mol. The van der Waals surface area contributed by atoms with Crippen LogP contribution in [0, 0.1) is 12.7 Å². The molecule has 1 aromatic heterocycles. The van der Waals surface area contributed by atoms with E-state index in [9.17, 15) is 14.3 Å². The zero-order valence-electron chi connectivity index (χ0n) is 17.5. The number of aliphatic hydroxyl groups excluding tert-OH is 1. The summed E-state index contributed by atoms with van der Waals surface area (Å²) in [6.07, 6.45) is 1.61. The molecule has 4 rings (SSSR count). The second-order valence-electron chi connectivity index (χ2n) is 8.08. The summed E-state index contributed by atoms with van der Waals surface area (Å²) in [5.74, 6) is -0.199. The summed E-state index contributed by atoms with van der Waals surface area (Å²) in [5.41, 5.74) is 5.04. The van der Waals surface area contributed by atoms with Crippen molar-refractivity contribution in [3.05, 3.63) is 88.0 Å². The van der Waals surface area contributed by atoms with Crippen LogP contribution in [0.3, 0.4) is 0 Å². The van der Waals surface area contributed by atoms with E-state index in [-0.39, 0.29) is 17.6 Å². The van der Waals surface area contributed by atoms with Gasteiger partial charge in [0, 0.05) is 25.2 Å². The molecule has 160 valence electrons. The quantitative estimate of drug-likeness (QED) is 0.582. The number of aryl methyl sites for hydroxylation is 1. The minimum absolute atomic E-state index is 0.0821. The van der Waals surface area contributed by atoms with E-state index in [1.54, 1.807) is 25.1 Å². The van der Waals surface area contributed by atoms with E-state index >= 15 is 0 Å². The molecule has 31 heavy (non-hydrogen) atoms. The van der Waals surface area contributed by atoms with Gasteiger partial charge in [-0.1, -0.05) is 35.9 Å². The third-order valence-electron chi connectivity index (χ3n) is 5.91. The molecule has 1 N–H and O–H groups in total. The molecule has 6 heteroatoms. The van der Waals surface area contributed by atoms with Crippen molar-refractivity contribution >= 4 is 17.5 Å². The number of halogens is 2. The van der Waals surface area contributed by atoms with Crippen LogP contribution in [0.2, 0.25) is 5.02 Å². The van der Waals surface area contributed by atoms with Crippen molar-refractivity contribution in [2.45, 2.75) is 32.3 Å². The highest BCUT2D eigenvalue weighted by atomic mass is 35.5. The largest absolute Gasteiger partial charge is 0.389 e. The Kier molecular flexibility index (Phi) is 6.08. The van der Waals surface area contributed by atoms with Crippen molar-refractivity contribution in [1.29, 1.82) is 0 Å². The maximum atomic E-state index is 13.7. The SMILES string of the molecule is Cc1cc(-c2ccc(F)cc2C(C)O)ccc1C1CCN(C(=O)c2ccc(Cl)cn2)C1. The Morgan fingerprint density at radius 2 is 2.03 bits per heavy atom. The molecular formula is C25H24ClFN2O2. The molecule has 1 aliphatic rings. The normalized spacial score (nSPS) is 17.1. The van der Waals surface area contributed by atoms with Crippen molar-refractivity contribution in [3.8, 4) is 11.1 Å². The van der Waals surface area contributed by atoms with Gasteiger partial charge in [0.15, 0.2) is 0 Å². The minimum Gasteiger partial charge on any atom is -0.389 e. The van der Waals surface area contributed by atoms with Crippen LogP contribution in [0.25, 0.3) is 11.1 Å². The predicted octanol–water partition coefficient (Wildman–Crippen LogP) is 5.53. The summed E-state index contributed by atoms with van der Waals surface area (Å²) >= 11 is 5.87. The van der Waals surface area contributed by atoms with Gasteiger partial charge in [0.25, 0.3) is 5.91 Å². The summed E-state index contributed by atoms with van der Waals surface area (Å²) in [5, 5.41) is 10.6. The van der Waals surface area contributed by atoms with Crippen LogP contribution in [-0.4, -0.2) is 34.0 Å². The van der Waals surface area contributed by atoms with E-state index in [4.69, 9.17) is 11.6 Å².